The van der Waals surface area contributed by atoms with Gasteiger partial charge in [-0.2, -0.15) is 5.10 Å². The lowest BCUT2D eigenvalue weighted by Crippen LogP contribution is -2.35. The van der Waals surface area contributed by atoms with Crippen molar-refractivity contribution in [1.82, 2.24) is 25.1 Å². The molecule has 0 saturated carbocycles. The number of fused-ring (bicyclic) bond motifs is 1. The smallest absolute Gasteiger partial charge is 0.259 e. The number of H-pyrrole nitrogens is 2. The quantitative estimate of drug-likeness (QED) is 0.310. The topological polar surface area (TPSA) is 134 Å². The molecule has 0 spiro atoms. The van der Waals surface area contributed by atoms with E-state index in [1.165, 1.54) is 24.8 Å². The molecule has 176 valence electrons. The van der Waals surface area contributed by atoms with Crippen LogP contribution in [0.3, 0.4) is 0 Å². The van der Waals surface area contributed by atoms with Crippen molar-refractivity contribution in [3.05, 3.63) is 52.7 Å². The number of nitrogens with one attached hydrogen (secondary N) is 3. The van der Waals surface area contributed by atoms with E-state index in [4.69, 9.17) is 31.8 Å². The average Bonchev–Trinajstić information content (AvgIpc) is 3.47. The Labute approximate surface area is 200 Å². The molecule has 5 rings (SSSR count). The van der Waals surface area contributed by atoms with Crippen LogP contribution in [0.2, 0.25) is 5.02 Å². The number of nitrogen functional groups attached to an aromatic ring is 1. The number of carbonyl (C=O) groups is 1. The Balaban J connectivity index is 1.39. The van der Waals surface area contributed by atoms with Crippen molar-refractivity contribution in [3.63, 3.8) is 0 Å². The van der Waals surface area contributed by atoms with E-state index in [1.807, 2.05) is 6.07 Å². The molecule has 10 nitrogen and oxygen atoms in total. The van der Waals surface area contributed by atoms with Crippen molar-refractivity contribution >= 4 is 39.9 Å². The predicted molar refractivity (Wildman–Crippen MR) is 130 cm³/mol. The molecule has 2 aromatic carbocycles. The Kier molecular flexibility index (Phi) is 6.10. The van der Waals surface area contributed by atoms with E-state index in [-0.39, 0.29) is 10.6 Å². The molecule has 0 aliphatic carbocycles. The van der Waals surface area contributed by atoms with Gasteiger partial charge in [0.15, 0.2) is 11.5 Å². The SMILES string of the molecule is COc1cc(N)c(Cl)cc1C(=O)Nc1c[nH]nc1-c1nc2cc(CN3CCOCC3)ccc2[nH]1. The molecule has 0 unspecified atom stereocenters. The Morgan fingerprint density at radius 3 is 2.91 bits per heavy atom. The normalized spacial score (nSPS) is 14.4. The van der Waals surface area contributed by atoms with Crippen LogP contribution in [0.4, 0.5) is 11.4 Å². The van der Waals surface area contributed by atoms with Crippen LogP contribution in [0, 0.1) is 0 Å². The second kappa shape index (κ2) is 9.34. The van der Waals surface area contributed by atoms with Crippen LogP contribution in [0.1, 0.15) is 15.9 Å². The highest BCUT2D eigenvalue weighted by molar-refractivity contribution is 6.33. The number of nitrogens with zero attached hydrogens (tertiary/aromatic N) is 3. The molecule has 0 bridgehead atoms. The fourth-order valence-electron chi connectivity index (χ4n) is 3.95. The van der Waals surface area contributed by atoms with Gasteiger partial charge in [-0.3, -0.25) is 14.8 Å². The van der Waals surface area contributed by atoms with E-state index >= 15 is 0 Å². The number of nitrogens with two attached hydrogens (primary N) is 1. The van der Waals surface area contributed by atoms with Gasteiger partial charge in [-0.05, 0) is 23.8 Å². The van der Waals surface area contributed by atoms with Gasteiger partial charge in [0.2, 0.25) is 0 Å². The highest BCUT2D eigenvalue weighted by atomic mass is 35.5. The molecular formula is C23H24ClN7O3. The fourth-order valence-corrected chi connectivity index (χ4v) is 4.11. The van der Waals surface area contributed by atoms with Crippen LogP contribution in [-0.2, 0) is 11.3 Å². The summed E-state index contributed by atoms with van der Waals surface area (Å²) in [5, 5.41) is 10.2. The lowest BCUT2D eigenvalue weighted by molar-refractivity contribution is 0.0342. The van der Waals surface area contributed by atoms with Gasteiger partial charge in [-0.15, -0.1) is 0 Å². The van der Waals surface area contributed by atoms with Gasteiger partial charge in [0, 0.05) is 31.9 Å². The van der Waals surface area contributed by atoms with Gasteiger partial charge >= 0.3 is 0 Å². The third-order valence-corrected chi connectivity index (χ3v) is 6.06. The van der Waals surface area contributed by atoms with Crippen LogP contribution in [0.5, 0.6) is 5.75 Å². The van der Waals surface area contributed by atoms with Crippen LogP contribution in [0.15, 0.2) is 36.5 Å². The van der Waals surface area contributed by atoms with E-state index in [1.54, 1.807) is 6.20 Å². The van der Waals surface area contributed by atoms with E-state index in [0.717, 1.165) is 43.9 Å². The minimum atomic E-state index is -0.412. The molecule has 11 heteroatoms. The number of benzene rings is 2. The zero-order valence-electron chi connectivity index (χ0n) is 18.5. The number of aromatic nitrogens is 4. The Morgan fingerprint density at radius 2 is 2.12 bits per heavy atom. The summed E-state index contributed by atoms with van der Waals surface area (Å²) in [5.74, 6) is 0.448. The number of hydrogen-bond donors (Lipinski definition) is 4. The first kappa shape index (κ1) is 22.2. The molecule has 1 aliphatic heterocycles. The molecule has 1 fully saturated rings. The first-order chi connectivity index (χ1) is 16.5. The first-order valence-corrected chi connectivity index (χ1v) is 11.2. The summed E-state index contributed by atoms with van der Waals surface area (Å²) < 4.78 is 10.7. The maximum atomic E-state index is 13.0. The number of amides is 1. The maximum absolute atomic E-state index is 13.0. The summed E-state index contributed by atoms with van der Waals surface area (Å²) >= 11 is 6.11. The summed E-state index contributed by atoms with van der Waals surface area (Å²) in [6, 6.07) is 9.15. The van der Waals surface area contributed by atoms with Crippen molar-refractivity contribution in [2.45, 2.75) is 6.54 Å². The average molecular weight is 482 g/mol. The number of halogens is 1. The number of morpholine rings is 1. The number of anilines is 2. The molecular weight excluding hydrogens is 458 g/mol. The number of ether oxygens (including phenoxy) is 2. The molecule has 34 heavy (non-hydrogen) atoms. The summed E-state index contributed by atoms with van der Waals surface area (Å²) in [4.78, 5) is 23.3. The van der Waals surface area contributed by atoms with Crippen LogP contribution in [0.25, 0.3) is 22.6 Å². The number of methoxy groups -OCH3 is 1. The van der Waals surface area contributed by atoms with Crippen molar-refractivity contribution in [3.8, 4) is 17.3 Å². The van der Waals surface area contributed by atoms with Crippen LogP contribution >= 0.6 is 11.6 Å². The number of aromatic amines is 2. The number of carbonyl (C=O) groups excluding carboxylic acids is 1. The third kappa shape index (κ3) is 4.43. The lowest BCUT2D eigenvalue weighted by atomic mass is 10.1. The van der Waals surface area contributed by atoms with Gasteiger partial charge in [0.25, 0.3) is 5.91 Å². The number of rotatable bonds is 6. The van der Waals surface area contributed by atoms with Gasteiger partial charge in [-0.25, -0.2) is 4.98 Å². The molecule has 1 saturated heterocycles. The van der Waals surface area contributed by atoms with Crippen molar-refractivity contribution in [1.29, 1.82) is 0 Å². The molecule has 2 aromatic heterocycles. The van der Waals surface area contributed by atoms with Gasteiger partial charge in [0.05, 0.1) is 53.3 Å². The minimum absolute atomic E-state index is 0.256. The molecule has 3 heterocycles. The molecule has 1 amide bonds. The molecule has 0 atom stereocenters. The standard InChI is InChI=1S/C23H24ClN7O3/c1-33-20-10-16(25)15(24)9-14(20)23(32)29-19-11-26-30-21(19)22-27-17-3-2-13(8-18(17)28-22)12-31-4-6-34-7-5-31/h2-3,8-11H,4-7,12,25H2,1H3,(H,26,30)(H,27,28)(H,29,32). The Hall–Kier alpha value is -3.60. The van der Waals surface area contributed by atoms with Gasteiger partial charge in [0.1, 0.15) is 5.75 Å². The summed E-state index contributed by atoms with van der Waals surface area (Å²) in [5.41, 5.74) is 10.2. The summed E-state index contributed by atoms with van der Waals surface area (Å²) in [6.45, 7) is 4.21. The highest BCUT2D eigenvalue weighted by Gasteiger charge is 2.20. The third-order valence-electron chi connectivity index (χ3n) is 5.73. The lowest BCUT2D eigenvalue weighted by Gasteiger charge is -2.26. The highest BCUT2D eigenvalue weighted by Crippen LogP contribution is 2.31. The zero-order valence-corrected chi connectivity index (χ0v) is 19.3. The predicted octanol–water partition coefficient (Wildman–Crippen LogP) is 3.28. The van der Waals surface area contributed by atoms with Gasteiger partial charge < -0.3 is 25.5 Å². The van der Waals surface area contributed by atoms with Crippen LogP contribution < -0.4 is 15.8 Å². The van der Waals surface area contributed by atoms with Crippen LogP contribution in [-0.4, -0.2) is 64.4 Å². The minimum Gasteiger partial charge on any atom is -0.496 e. The van der Waals surface area contributed by atoms with E-state index in [9.17, 15) is 4.79 Å². The largest absolute Gasteiger partial charge is 0.496 e. The van der Waals surface area contributed by atoms with E-state index in [0.29, 0.717) is 28.6 Å². The van der Waals surface area contributed by atoms with E-state index in [2.05, 4.69) is 37.5 Å². The van der Waals surface area contributed by atoms with E-state index < -0.39 is 5.91 Å². The maximum Gasteiger partial charge on any atom is 0.259 e. The zero-order chi connectivity index (χ0) is 23.7. The molecule has 4 aromatic rings. The Morgan fingerprint density at radius 1 is 1.29 bits per heavy atom. The molecule has 1 aliphatic rings. The first-order valence-electron chi connectivity index (χ1n) is 10.8. The number of imidazole rings is 1. The second-order valence-corrected chi connectivity index (χ2v) is 8.41. The second-order valence-electron chi connectivity index (χ2n) is 8.00. The molecule has 0 radical (unpaired) electrons. The summed E-state index contributed by atoms with van der Waals surface area (Å²) in [7, 11) is 1.46. The van der Waals surface area contributed by atoms with Crippen molar-refractivity contribution < 1.29 is 14.3 Å². The fraction of sp³-hybridized carbons (Fsp3) is 0.261. The molecule has 5 N–H and O–H groups in total. The monoisotopic (exact) mass is 481 g/mol. The van der Waals surface area contributed by atoms with Crippen molar-refractivity contribution in [2.75, 3.05) is 44.5 Å². The summed E-state index contributed by atoms with van der Waals surface area (Å²) in [6.07, 6.45) is 1.59. The van der Waals surface area contributed by atoms with Crippen molar-refractivity contribution in [2.24, 2.45) is 0 Å². The van der Waals surface area contributed by atoms with Gasteiger partial charge in [-0.1, -0.05) is 17.7 Å². The number of hydrogen-bond acceptors (Lipinski definition) is 7. The Bertz CT molecular complexity index is 1340.